The Kier molecular flexibility index (Phi) is 3.98. The van der Waals surface area contributed by atoms with E-state index in [0.717, 1.165) is 28.1 Å². The van der Waals surface area contributed by atoms with E-state index in [1.807, 2.05) is 11.4 Å². The van der Waals surface area contributed by atoms with Crippen molar-refractivity contribution in [3.8, 4) is 0 Å². The molecule has 0 radical (unpaired) electrons. The molecule has 0 spiro atoms. The molecule has 1 nitrogen and oxygen atoms in total. The molecule has 1 heterocycles. The van der Waals surface area contributed by atoms with Gasteiger partial charge in [0.25, 0.3) is 0 Å². The summed E-state index contributed by atoms with van der Waals surface area (Å²) in [6.07, 6.45) is 7.22. The Hall–Kier alpha value is -0.150. The first-order chi connectivity index (χ1) is 7.25. The van der Waals surface area contributed by atoms with Crippen LogP contribution >= 0.6 is 27.3 Å². The monoisotopic (exact) mass is 286 g/mol. The lowest BCUT2D eigenvalue weighted by atomic mass is 10.00. The molecule has 0 saturated heterocycles. The van der Waals surface area contributed by atoms with Crippen molar-refractivity contribution in [1.82, 2.24) is 0 Å². The zero-order chi connectivity index (χ0) is 10.7. The Bertz CT molecular complexity index is 339. The van der Waals surface area contributed by atoms with Crippen LogP contribution in [0.1, 0.15) is 48.2 Å². The van der Waals surface area contributed by atoms with Crippen LogP contribution < -0.4 is 0 Å². The van der Waals surface area contributed by atoms with Gasteiger partial charge in [0.05, 0.1) is 4.88 Å². The van der Waals surface area contributed by atoms with Gasteiger partial charge in [0.1, 0.15) is 0 Å². The summed E-state index contributed by atoms with van der Waals surface area (Å²) < 4.78 is 1.02. The molecule has 0 aromatic carbocycles. The minimum atomic E-state index is 0.317. The van der Waals surface area contributed by atoms with Crippen molar-refractivity contribution >= 4 is 33.0 Å². The third-order valence-corrected chi connectivity index (χ3v) is 4.83. The highest BCUT2D eigenvalue weighted by Crippen LogP contribution is 2.29. The predicted octanol–water partition coefficient (Wildman–Crippen LogP) is 4.66. The van der Waals surface area contributed by atoms with Crippen LogP contribution in [0.4, 0.5) is 0 Å². The first-order valence-corrected chi connectivity index (χ1v) is 7.20. The number of hydrogen-bond donors (Lipinski definition) is 0. The van der Waals surface area contributed by atoms with Crippen LogP contribution in [0.3, 0.4) is 0 Å². The maximum atomic E-state index is 11.8. The van der Waals surface area contributed by atoms with Crippen LogP contribution in [0, 0.1) is 5.92 Å². The zero-order valence-electron chi connectivity index (χ0n) is 8.67. The number of thiophene rings is 1. The van der Waals surface area contributed by atoms with E-state index in [4.69, 9.17) is 0 Å². The zero-order valence-corrected chi connectivity index (χ0v) is 11.1. The summed E-state index contributed by atoms with van der Waals surface area (Å²) in [5.74, 6) is 1.13. The van der Waals surface area contributed by atoms with Gasteiger partial charge >= 0.3 is 0 Å². The minimum absolute atomic E-state index is 0.317. The molecule has 0 amide bonds. The van der Waals surface area contributed by atoms with E-state index in [9.17, 15) is 4.79 Å². The van der Waals surface area contributed by atoms with Crippen molar-refractivity contribution in [2.24, 2.45) is 5.92 Å². The first kappa shape index (κ1) is 11.3. The van der Waals surface area contributed by atoms with Gasteiger partial charge in [-0.2, -0.15) is 0 Å². The Labute approximate surface area is 103 Å². The SMILES string of the molecule is O=C(CCC1CCCC1)c1cc(Br)cs1. The average Bonchev–Trinajstić information content (AvgIpc) is 2.84. The highest BCUT2D eigenvalue weighted by Gasteiger charge is 2.17. The number of ketones is 1. The minimum Gasteiger partial charge on any atom is -0.293 e. The number of Topliss-reactive ketones (excluding diaryl/α,β-unsaturated/α-hetero) is 1. The molecule has 1 aliphatic rings. The molecule has 3 heteroatoms. The van der Waals surface area contributed by atoms with Crippen molar-refractivity contribution in [1.29, 1.82) is 0 Å². The largest absolute Gasteiger partial charge is 0.293 e. The summed E-state index contributed by atoms with van der Waals surface area (Å²) in [7, 11) is 0. The van der Waals surface area contributed by atoms with Gasteiger partial charge < -0.3 is 0 Å². The second kappa shape index (κ2) is 5.26. The summed E-state index contributed by atoms with van der Waals surface area (Å²) >= 11 is 4.92. The van der Waals surface area contributed by atoms with Crippen LogP contribution in [0.5, 0.6) is 0 Å². The number of carbonyl (C=O) groups excluding carboxylic acids is 1. The lowest BCUT2D eigenvalue weighted by molar-refractivity contribution is 0.0978. The molecular formula is C12H15BrOS. The van der Waals surface area contributed by atoms with Crippen molar-refractivity contribution < 1.29 is 4.79 Å². The van der Waals surface area contributed by atoms with Gasteiger partial charge in [-0.1, -0.05) is 25.7 Å². The van der Waals surface area contributed by atoms with Gasteiger partial charge in [-0.25, -0.2) is 0 Å². The summed E-state index contributed by atoms with van der Waals surface area (Å²) in [5, 5.41) is 1.98. The fraction of sp³-hybridized carbons (Fsp3) is 0.583. The molecule has 0 N–H and O–H groups in total. The van der Waals surface area contributed by atoms with Gasteiger partial charge in [0.15, 0.2) is 5.78 Å². The number of hydrogen-bond acceptors (Lipinski definition) is 2. The molecule has 1 fully saturated rings. The molecule has 0 bridgehead atoms. The van der Waals surface area contributed by atoms with E-state index in [1.54, 1.807) is 11.3 Å². The van der Waals surface area contributed by atoms with Crippen molar-refractivity contribution in [3.63, 3.8) is 0 Å². The Morgan fingerprint density at radius 3 is 2.80 bits per heavy atom. The maximum absolute atomic E-state index is 11.8. The number of rotatable bonds is 4. The van der Waals surface area contributed by atoms with Crippen LogP contribution in [0.15, 0.2) is 15.9 Å². The molecule has 1 saturated carbocycles. The fourth-order valence-corrected chi connectivity index (χ4v) is 3.61. The van der Waals surface area contributed by atoms with Crippen LogP contribution in [-0.2, 0) is 0 Å². The summed E-state index contributed by atoms with van der Waals surface area (Å²) in [6.45, 7) is 0. The molecular weight excluding hydrogens is 272 g/mol. The summed E-state index contributed by atoms with van der Waals surface area (Å²) in [4.78, 5) is 12.7. The molecule has 1 aliphatic carbocycles. The van der Waals surface area contributed by atoms with Crippen molar-refractivity contribution in [2.75, 3.05) is 0 Å². The fourth-order valence-electron chi connectivity index (χ4n) is 2.22. The maximum Gasteiger partial charge on any atom is 0.172 e. The van der Waals surface area contributed by atoms with E-state index < -0.39 is 0 Å². The molecule has 0 aliphatic heterocycles. The topological polar surface area (TPSA) is 17.1 Å². The highest BCUT2D eigenvalue weighted by atomic mass is 79.9. The van der Waals surface area contributed by atoms with Gasteiger partial charge in [-0.05, 0) is 34.3 Å². The van der Waals surface area contributed by atoms with Gasteiger partial charge in [-0.15, -0.1) is 11.3 Å². The molecule has 82 valence electrons. The van der Waals surface area contributed by atoms with Crippen LogP contribution in [0.2, 0.25) is 0 Å². The molecule has 1 aromatic heterocycles. The molecule has 0 unspecified atom stereocenters. The third-order valence-electron chi connectivity index (χ3n) is 3.10. The van der Waals surface area contributed by atoms with Crippen LogP contribution in [0.25, 0.3) is 0 Å². The third kappa shape index (κ3) is 3.15. The van der Waals surface area contributed by atoms with E-state index in [-0.39, 0.29) is 0 Å². The second-order valence-electron chi connectivity index (χ2n) is 4.24. The summed E-state index contributed by atoms with van der Waals surface area (Å²) in [5.41, 5.74) is 0. The first-order valence-electron chi connectivity index (χ1n) is 5.53. The lowest BCUT2D eigenvalue weighted by Crippen LogP contribution is -2.00. The summed E-state index contributed by atoms with van der Waals surface area (Å²) in [6, 6.07) is 1.93. The Balaban J connectivity index is 1.81. The Morgan fingerprint density at radius 2 is 2.20 bits per heavy atom. The number of carbonyl (C=O) groups is 1. The van der Waals surface area contributed by atoms with E-state index >= 15 is 0 Å². The highest BCUT2D eigenvalue weighted by molar-refractivity contribution is 9.10. The van der Waals surface area contributed by atoms with Gasteiger partial charge in [0.2, 0.25) is 0 Å². The standard InChI is InChI=1S/C12H15BrOS/c13-10-7-12(15-8-10)11(14)6-5-9-3-1-2-4-9/h7-9H,1-6H2. The lowest BCUT2D eigenvalue weighted by Gasteiger charge is -2.06. The van der Waals surface area contributed by atoms with Crippen LogP contribution in [-0.4, -0.2) is 5.78 Å². The van der Waals surface area contributed by atoms with Gasteiger partial charge in [-0.3, -0.25) is 4.79 Å². The molecule has 15 heavy (non-hydrogen) atoms. The average molecular weight is 287 g/mol. The smallest absolute Gasteiger partial charge is 0.172 e. The molecule has 2 rings (SSSR count). The number of halogens is 1. The molecule has 1 aromatic rings. The predicted molar refractivity (Wildman–Crippen MR) is 67.5 cm³/mol. The van der Waals surface area contributed by atoms with E-state index in [1.165, 1.54) is 25.7 Å². The second-order valence-corrected chi connectivity index (χ2v) is 6.07. The normalized spacial score (nSPS) is 17.1. The van der Waals surface area contributed by atoms with Crippen molar-refractivity contribution in [3.05, 3.63) is 20.8 Å². The van der Waals surface area contributed by atoms with E-state index in [0.29, 0.717) is 5.78 Å². The quantitative estimate of drug-likeness (QED) is 0.736. The van der Waals surface area contributed by atoms with E-state index in [2.05, 4.69) is 15.9 Å². The molecule has 0 atom stereocenters. The van der Waals surface area contributed by atoms with Gasteiger partial charge in [0, 0.05) is 16.3 Å². The van der Waals surface area contributed by atoms with Crippen molar-refractivity contribution in [2.45, 2.75) is 38.5 Å². The Morgan fingerprint density at radius 1 is 1.47 bits per heavy atom.